The van der Waals surface area contributed by atoms with Crippen LogP contribution in [0.4, 0.5) is 0 Å². The normalized spacial score (nSPS) is 21.3. The van der Waals surface area contributed by atoms with Crippen LogP contribution < -0.4 is 0 Å². The Bertz CT molecular complexity index is 381. The van der Waals surface area contributed by atoms with E-state index in [4.69, 9.17) is 24.4 Å². The van der Waals surface area contributed by atoms with Crippen molar-refractivity contribution < 1.29 is 32.3 Å². The molecule has 5 nitrogen and oxygen atoms in total. The maximum atomic E-state index is 9.01. The van der Waals surface area contributed by atoms with E-state index in [9.17, 15) is 0 Å². The van der Waals surface area contributed by atoms with Gasteiger partial charge in [-0.25, -0.2) is 0 Å². The molecule has 0 aromatic rings. The molecule has 1 fully saturated rings. The van der Waals surface area contributed by atoms with Crippen LogP contribution in [0.3, 0.4) is 0 Å². The van der Waals surface area contributed by atoms with Crippen molar-refractivity contribution in [2.45, 2.75) is 137 Å². The van der Waals surface area contributed by atoms with Gasteiger partial charge in [-0.2, -0.15) is 12.1 Å². The Morgan fingerprint density at radius 1 is 0.871 bits per heavy atom. The van der Waals surface area contributed by atoms with E-state index in [0.717, 1.165) is 25.9 Å². The van der Waals surface area contributed by atoms with Crippen LogP contribution in [-0.2, 0) is 22.1 Å². The first-order valence-corrected chi connectivity index (χ1v) is 13.2. The molecule has 0 aromatic heterocycles. The number of unbranched alkanes of at least 4 members (excludes halogenated alkanes) is 1. The SMILES string of the molecule is CC(C)(C)CC[N-][C@@H]1CCCC[C@H]1[N-]CCC(C)(C)C.CCCC[C@@H](O)[C@@H](C)O.[O]=[Os]. The topological polar surface area (TPSA) is 85.7 Å². The summed E-state index contributed by atoms with van der Waals surface area (Å²) in [4.78, 5) is 0. The van der Waals surface area contributed by atoms with E-state index in [1.165, 1.54) is 38.5 Å². The zero-order chi connectivity index (χ0) is 24.5. The van der Waals surface area contributed by atoms with Crippen molar-refractivity contribution in [1.82, 2.24) is 0 Å². The van der Waals surface area contributed by atoms with Gasteiger partial charge in [0, 0.05) is 0 Å². The van der Waals surface area contributed by atoms with E-state index < -0.39 is 12.2 Å². The van der Waals surface area contributed by atoms with Crippen molar-refractivity contribution in [2.75, 3.05) is 13.1 Å². The van der Waals surface area contributed by atoms with Gasteiger partial charge in [0.15, 0.2) is 0 Å². The van der Waals surface area contributed by atoms with Gasteiger partial charge < -0.3 is 20.8 Å². The minimum atomic E-state index is -0.573. The van der Waals surface area contributed by atoms with E-state index in [0.29, 0.717) is 47.9 Å². The van der Waals surface area contributed by atoms with Crippen LogP contribution in [0.5, 0.6) is 0 Å². The number of aliphatic hydroxyl groups is 2. The van der Waals surface area contributed by atoms with Crippen LogP contribution in [0.2, 0.25) is 0 Å². The minimum absolute atomic E-state index is 0.400. The van der Waals surface area contributed by atoms with Crippen LogP contribution in [0.1, 0.15) is 113 Å². The Labute approximate surface area is 204 Å². The van der Waals surface area contributed by atoms with Crippen molar-refractivity contribution in [3.8, 4) is 0 Å². The molecule has 2 N–H and O–H groups in total. The second-order valence-corrected chi connectivity index (χ2v) is 11.3. The Kier molecular flexibility index (Phi) is 20.2. The molecular weight excluding hydrogens is 567 g/mol. The molecule has 1 aliphatic rings. The van der Waals surface area contributed by atoms with Gasteiger partial charge in [-0.3, -0.25) is 0 Å². The molecule has 0 aromatic carbocycles. The van der Waals surface area contributed by atoms with Crippen molar-refractivity contribution in [3.63, 3.8) is 0 Å². The molecule has 1 aliphatic carbocycles. The van der Waals surface area contributed by atoms with Crippen LogP contribution in [-0.4, -0.2) is 47.6 Å². The van der Waals surface area contributed by atoms with Crippen molar-refractivity contribution in [2.24, 2.45) is 10.8 Å². The molecule has 0 radical (unpaired) electrons. The molecule has 6 heteroatoms. The van der Waals surface area contributed by atoms with Gasteiger partial charge in [0.25, 0.3) is 0 Å². The van der Waals surface area contributed by atoms with E-state index in [1.54, 1.807) is 6.92 Å². The monoisotopic (exact) mass is 620 g/mol. The molecule has 0 bridgehead atoms. The second kappa shape index (κ2) is 18.7. The third-order valence-corrected chi connectivity index (χ3v) is 5.56. The summed E-state index contributed by atoms with van der Waals surface area (Å²) in [6, 6.07) is 1.01. The molecule has 4 atom stereocenters. The number of hydrogen-bond acceptors (Lipinski definition) is 3. The van der Waals surface area contributed by atoms with Crippen LogP contribution >= 0.6 is 0 Å². The fourth-order valence-corrected chi connectivity index (χ4v) is 3.30. The summed E-state index contributed by atoms with van der Waals surface area (Å²) in [5.74, 6) is 0. The molecule has 1 rings (SSSR count). The fourth-order valence-electron chi connectivity index (χ4n) is 3.30. The molecule has 190 valence electrons. The number of rotatable bonds is 10. The summed E-state index contributed by atoms with van der Waals surface area (Å²) in [5, 5.41) is 27.7. The van der Waals surface area contributed by atoms with E-state index in [-0.39, 0.29) is 0 Å². The van der Waals surface area contributed by atoms with Gasteiger partial charge >= 0.3 is 22.1 Å². The van der Waals surface area contributed by atoms with Crippen molar-refractivity contribution >= 4 is 0 Å². The zero-order valence-electron chi connectivity index (χ0n) is 21.6. The average molecular weight is 619 g/mol. The number of hydrogen-bond donors (Lipinski definition) is 2. The number of nitrogens with zero attached hydrogens (tertiary/aromatic N) is 2. The summed E-state index contributed by atoms with van der Waals surface area (Å²) in [6.45, 7) is 19.5. The Hall–Kier alpha value is 0.276. The number of aliphatic hydroxyl groups excluding tert-OH is 2. The summed E-state index contributed by atoms with van der Waals surface area (Å²) >= 11 is 0.611. The molecular formula is C25H52N2O3Os-2. The molecule has 0 spiro atoms. The van der Waals surface area contributed by atoms with Gasteiger partial charge in [0.2, 0.25) is 0 Å². The summed E-state index contributed by atoms with van der Waals surface area (Å²) in [6.07, 6.45) is 9.27. The molecule has 0 unspecified atom stereocenters. The summed E-state index contributed by atoms with van der Waals surface area (Å²) in [7, 11) is 0. The van der Waals surface area contributed by atoms with Crippen LogP contribution in [0, 0.1) is 10.8 Å². The first-order chi connectivity index (χ1) is 14.4. The maximum absolute atomic E-state index is 9.01. The summed E-state index contributed by atoms with van der Waals surface area (Å²) < 4.78 is 8.28. The van der Waals surface area contributed by atoms with Crippen molar-refractivity contribution in [3.05, 3.63) is 10.6 Å². The first kappa shape index (κ1) is 33.4. The molecule has 0 saturated heterocycles. The van der Waals surface area contributed by atoms with Gasteiger partial charge in [-0.1, -0.05) is 99.8 Å². The molecule has 31 heavy (non-hydrogen) atoms. The van der Waals surface area contributed by atoms with E-state index in [1.807, 2.05) is 0 Å². The van der Waals surface area contributed by atoms with Crippen LogP contribution in [0.15, 0.2) is 0 Å². The predicted octanol–water partition coefficient (Wildman–Crippen LogP) is 6.71. The van der Waals surface area contributed by atoms with Gasteiger partial charge in [-0.15, -0.1) is 13.1 Å². The third kappa shape index (κ3) is 21.9. The van der Waals surface area contributed by atoms with E-state index >= 15 is 0 Å². The molecule has 0 heterocycles. The molecule has 1 saturated carbocycles. The van der Waals surface area contributed by atoms with Gasteiger partial charge in [0.1, 0.15) is 0 Å². The molecule has 0 aliphatic heterocycles. The standard InChI is InChI=1S/C18H36N2.C7H16O2.O.Os/c1-17(2,3)11-13-19-15-9-7-8-10-16(15)20-14-12-18(4,5)6;1-3-4-5-7(9)6(2)8;;/h15-16H,7-14H2,1-6H3;6-9H,3-5H2,1-2H3;;/q-2;;;/t15-,16-;6-,7-;;/m11../s1. The third-order valence-electron chi connectivity index (χ3n) is 5.56. The summed E-state index contributed by atoms with van der Waals surface area (Å²) in [5.41, 5.74) is 0.800. The van der Waals surface area contributed by atoms with Crippen LogP contribution in [0.25, 0.3) is 10.6 Å². The Balaban J connectivity index is 0. The Morgan fingerprint density at radius 3 is 1.55 bits per heavy atom. The van der Waals surface area contributed by atoms with Gasteiger partial charge in [0.05, 0.1) is 12.2 Å². The first-order valence-electron chi connectivity index (χ1n) is 12.2. The molecule has 0 amide bonds. The predicted molar refractivity (Wildman–Crippen MR) is 129 cm³/mol. The zero-order valence-corrected chi connectivity index (χ0v) is 24.2. The average Bonchev–Trinajstić information content (AvgIpc) is 2.67. The Morgan fingerprint density at radius 2 is 1.26 bits per heavy atom. The van der Waals surface area contributed by atoms with E-state index in [2.05, 4.69) is 48.5 Å². The van der Waals surface area contributed by atoms with Gasteiger partial charge in [-0.05, 0) is 24.2 Å². The quantitative estimate of drug-likeness (QED) is 0.285. The second-order valence-electron chi connectivity index (χ2n) is 11.3. The van der Waals surface area contributed by atoms with Crippen molar-refractivity contribution in [1.29, 1.82) is 0 Å². The fraction of sp³-hybridized carbons (Fsp3) is 1.00.